The fraction of sp³-hybridized carbons (Fsp3) is 0.0833. The number of rotatable bonds is 2. The first-order valence-electron chi connectivity index (χ1n) is 5.27. The third-order valence-electron chi connectivity index (χ3n) is 2.43. The number of anilines is 1. The van der Waals surface area contributed by atoms with Crippen molar-refractivity contribution in [3.63, 3.8) is 0 Å². The van der Waals surface area contributed by atoms with Gasteiger partial charge in [-0.05, 0) is 25.1 Å². The van der Waals surface area contributed by atoms with Crippen molar-refractivity contribution >= 4 is 54.1 Å². The fourth-order valence-corrected chi connectivity index (χ4v) is 3.70. The second-order valence-electron chi connectivity index (χ2n) is 3.71. The molecule has 2 heterocycles. The lowest BCUT2D eigenvalue weighted by Crippen LogP contribution is -2.06. The molecule has 6 heteroatoms. The van der Waals surface area contributed by atoms with E-state index in [9.17, 15) is 4.79 Å². The van der Waals surface area contributed by atoms with E-state index in [1.54, 1.807) is 11.3 Å². The number of carbonyl (C=O) groups is 1. The Morgan fingerprint density at radius 3 is 2.67 bits per heavy atom. The first-order chi connectivity index (χ1) is 8.67. The second-order valence-corrected chi connectivity index (χ2v) is 5.91. The van der Waals surface area contributed by atoms with E-state index in [1.807, 2.05) is 19.1 Å². The number of thiazole rings is 2. The van der Waals surface area contributed by atoms with E-state index in [2.05, 4.69) is 21.9 Å². The van der Waals surface area contributed by atoms with Gasteiger partial charge in [-0.3, -0.25) is 10.1 Å². The Labute approximate surface area is 111 Å². The Morgan fingerprint density at radius 1 is 1.28 bits per heavy atom. The molecule has 0 unspecified atom stereocenters. The van der Waals surface area contributed by atoms with Crippen LogP contribution in [-0.4, -0.2) is 15.9 Å². The normalized spacial score (nSPS) is 10.9. The topological polar surface area (TPSA) is 54.9 Å². The molecule has 0 aliphatic carbocycles. The van der Waals surface area contributed by atoms with Crippen molar-refractivity contribution in [2.75, 3.05) is 5.32 Å². The number of hydrogen-bond donors (Lipinski definition) is 1. The van der Waals surface area contributed by atoms with Gasteiger partial charge in [0, 0.05) is 0 Å². The maximum Gasteiger partial charge on any atom is 0.249 e. The van der Waals surface area contributed by atoms with Crippen LogP contribution < -0.4 is 5.32 Å². The Kier molecular flexibility index (Phi) is 2.61. The smallest absolute Gasteiger partial charge is 0.249 e. The molecule has 0 spiro atoms. The maximum atomic E-state index is 11.3. The van der Waals surface area contributed by atoms with Crippen LogP contribution >= 0.6 is 22.7 Å². The summed E-state index contributed by atoms with van der Waals surface area (Å²) in [5.74, 6) is -0.245. The molecule has 3 aromatic rings. The number of aromatic nitrogens is 2. The van der Waals surface area contributed by atoms with Crippen LogP contribution in [-0.2, 0) is 4.79 Å². The largest absolute Gasteiger partial charge is 0.298 e. The van der Waals surface area contributed by atoms with Crippen LogP contribution in [0.1, 0.15) is 5.01 Å². The van der Waals surface area contributed by atoms with Crippen molar-refractivity contribution in [1.29, 1.82) is 0 Å². The number of carbonyl (C=O) groups excluding carboxylic acids is 1. The molecular weight excluding hydrogens is 266 g/mol. The maximum absolute atomic E-state index is 11.3. The molecule has 0 aliphatic rings. The van der Waals surface area contributed by atoms with E-state index in [0.29, 0.717) is 5.13 Å². The first-order valence-corrected chi connectivity index (χ1v) is 6.91. The molecule has 1 aromatic carbocycles. The summed E-state index contributed by atoms with van der Waals surface area (Å²) in [7, 11) is 0. The van der Waals surface area contributed by atoms with Crippen molar-refractivity contribution in [3.8, 4) is 0 Å². The van der Waals surface area contributed by atoms with Crippen LogP contribution in [0.5, 0.6) is 0 Å². The molecule has 3 rings (SSSR count). The highest BCUT2D eigenvalue weighted by Crippen LogP contribution is 2.35. The van der Waals surface area contributed by atoms with Gasteiger partial charge in [-0.25, -0.2) is 9.97 Å². The fourth-order valence-electron chi connectivity index (χ4n) is 1.69. The quantitative estimate of drug-likeness (QED) is 0.730. The van der Waals surface area contributed by atoms with Crippen LogP contribution in [0.2, 0.25) is 0 Å². The molecule has 0 fully saturated rings. The van der Waals surface area contributed by atoms with E-state index in [-0.39, 0.29) is 5.91 Å². The van der Waals surface area contributed by atoms with Gasteiger partial charge in [0.2, 0.25) is 5.91 Å². The Hall–Kier alpha value is -1.79. The molecular formula is C12H9N3OS2. The Balaban J connectivity index is 2.18. The van der Waals surface area contributed by atoms with Gasteiger partial charge in [0.1, 0.15) is 0 Å². The van der Waals surface area contributed by atoms with Gasteiger partial charge in [-0.2, -0.15) is 0 Å². The number of amides is 1. The minimum Gasteiger partial charge on any atom is -0.298 e. The molecule has 0 atom stereocenters. The molecule has 90 valence electrons. The van der Waals surface area contributed by atoms with Gasteiger partial charge in [0.15, 0.2) is 5.13 Å². The van der Waals surface area contributed by atoms with E-state index in [1.165, 1.54) is 17.4 Å². The predicted molar refractivity (Wildman–Crippen MR) is 76.4 cm³/mol. The molecule has 0 aliphatic heterocycles. The summed E-state index contributed by atoms with van der Waals surface area (Å²) in [6.07, 6.45) is 1.23. The number of fused-ring (bicyclic) bond motifs is 3. The van der Waals surface area contributed by atoms with E-state index in [4.69, 9.17) is 0 Å². The van der Waals surface area contributed by atoms with Crippen LogP contribution in [0.4, 0.5) is 5.13 Å². The average molecular weight is 275 g/mol. The van der Waals surface area contributed by atoms with Gasteiger partial charge in [-0.15, -0.1) is 11.3 Å². The first kappa shape index (κ1) is 11.3. The highest BCUT2D eigenvalue weighted by Gasteiger charge is 2.11. The summed E-state index contributed by atoms with van der Waals surface area (Å²) in [6, 6.07) is 3.89. The van der Waals surface area contributed by atoms with Crippen LogP contribution in [0.15, 0.2) is 24.8 Å². The van der Waals surface area contributed by atoms with Gasteiger partial charge in [0.25, 0.3) is 0 Å². The SMILES string of the molecule is C=CC(=O)Nc1nc2ccc3nc(C)sc3c2s1. The molecule has 0 radical (unpaired) electrons. The minimum atomic E-state index is -0.245. The van der Waals surface area contributed by atoms with Crippen molar-refractivity contribution in [2.45, 2.75) is 6.92 Å². The van der Waals surface area contributed by atoms with E-state index < -0.39 is 0 Å². The van der Waals surface area contributed by atoms with Gasteiger partial charge in [0.05, 0.1) is 25.4 Å². The lowest BCUT2D eigenvalue weighted by atomic mass is 10.3. The van der Waals surface area contributed by atoms with Crippen LogP contribution in [0, 0.1) is 6.92 Å². The van der Waals surface area contributed by atoms with Crippen molar-refractivity contribution in [3.05, 3.63) is 29.8 Å². The number of hydrogen-bond acceptors (Lipinski definition) is 5. The summed E-state index contributed by atoms with van der Waals surface area (Å²) < 4.78 is 2.19. The predicted octanol–water partition coefficient (Wildman–Crippen LogP) is 3.34. The highest BCUT2D eigenvalue weighted by molar-refractivity contribution is 7.28. The summed E-state index contributed by atoms with van der Waals surface area (Å²) in [5, 5.41) is 4.31. The highest BCUT2D eigenvalue weighted by atomic mass is 32.1. The molecule has 4 nitrogen and oxygen atoms in total. The number of aryl methyl sites for hydroxylation is 1. The molecule has 0 saturated carbocycles. The molecule has 0 saturated heterocycles. The summed E-state index contributed by atoms with van der Waals surface area (Å²) in [5.41, 5.74) is 1.87. The van der Waals surface area contributed by atoms with Crippen molar-refractivity contribution < 1.29 is 4.79 Å². The minimum absolute atomic E-state index is 0.245. The Morgan fingerprint density at radius 2 is 1.94 bits per heavy atom. The molecule has 0 bridgehead atoms. The number of nitrogens with zero attached hydrogens (tertiary/aromatic N) is 2. The molecule has 18 heavy (non-hydrogen) atoms. The monoisotopic (exact) mass is 275 g/mol. The molecule has 1 N–H and O–H groups in total. The summed E-state index contributed by atoms with van der Waals surface area (Å²) >= 11 is 3.11. The van der Waals surface area contributed by atoms with Gasteiger partial charge < -0.3 is 0 Å². The third kappa shape index (κ3) is 1.79. The van der Waals surface area contributed by atoms with Crippen molar-refractivity contribution in [1.82, 2.24) is 9.97 Å². The third-order valence-corrected chi connectivity index (χ3v) is 4.57. The second kappa shape index (κ2) is 4.15. The Bertz CT molecular complexity index is 772. The van der Waals surface area contributed by atoms with Crippen molar-refractivity contribution in [2.24, 2.45) is 0 Å². The summed E-state index contributed by atoms with van der Waals surface area (Å²) in [6.45, 7) is 5.40. The zero-order chi connectivity index (χ0) is 12.7. The molecule has 1 amide bonds. The van der Waals surface area contributed by atoms with Crippen LogP contribution in [0.25, 0.3) is 20.4 Å². The standard InChI is InChI=1S/C12H9N3OS2/c1-3-9(16)15-12-14-8-5-4-7-10(11(8)18-12)17-6(2)13-7/h3-5H,1H2,2H3,(H,14,15,16). The van der Waals surface area contributed by atoms with Gasteiger partial charge >= 0.3 is 0 Å². The average Bonchev–Trinajstić information content (AvgIpc) is 2.90. The molecule has 2 aromatic heterocycles. The summed E-state index contributed by atoms with van der Waals surface area (Å²) in [4.78, 5) is 20.1. The lowest BCUT2D eigenvalue weighted by Gasteiger charge is -1.92. The van der Waals surface area contributed by atoms with Gasteiger partial charge in [-0.1, -0.05) is 17.9 Å². The van der Waals surface area contributed by atoms with E-state index >= 15 is 0 Å². The number of benzene rings is 1. The number of nitrogens with one attached hydrogen (secondary N) is 1. The van der Waals surface area contributed by atoms with Crippen LogP contribution in [0.3, 0.4) is 0 Å². The van der Waals surface area contributed by atoms with E-state index in [0.717, 1.165) is 25.4 Å². The zero-order valence-corrected chi connectivity index (χ0v) is 11.2. The zero-order valence-electron chi connectivity index (χ0n) is 9.56. The lowest BCUT2D eigenvalue weighted by molar-refractivity contribution is -0.111.